The maximum Gasteiger partial charge on any atom is 0.322 e. The summed E-state index contributed by atoms with van der Waals surface area (Å²) in [5, 5.41) is 19.2. The average Bonchev–Trinajstić information content (AvgIpc) is 3.09. The number of nitro benzene ring substituents is 1. The molecule has 0 aromatic heterocycles. The normalized spacial score (nSPS) is 20.2. The van der Waals surface area contributed by atoms with E-state index in [4.69, 9.17) is 0 Å². The van der Waals surface area contributed by atoms with Crippen LogP contribution in [0.1, 0.15) is 47.7 Å². The Hall–Kier alpha value is -3.95. The topological polar surface area (TPSA) is 134 Å². The van der Waals surface area contributed by atoms with E-state index in [1.807, 2.05) is 4.90 Å². The molecule has 172 valence electrons. The van der Waals surface area contributed by atoms with Gasteiger partial charge in [-0.25, -0.2) is 4.79 Å². The molecule has 3 N–H and O–H groups in total. The Kier molecular flexibility index (Phi) is 5.99. The Morgan fingerprint density at radius 3 is 2.42 bits per heavy atom. The zero-order valence-electron chi connectivity index (χ0n) is 18.2. The summed E-state index contributed by atoms with van der Waals surface area (Å²) in [7, 11) is 0. The second kappa shape index (κ2) is 8.89. The molecule has 0 radical (unpaired) electrons. The summed E-state index contributed by atoms with van der Waals surface area (Å²) in [5.41, 5.74) is 0.942. The molecule has 2 fully saturated rings. The number of nitro groups is 1. The van der Waals surface area contributed by atoms with Crippen LogP contribution in [0.2, 0.25) is 0 Å². The van der Waals surface area contributed by atoms with Crippen molar-refractivity contribution in [1.29, 1.82) is 0 Å². The summed E-state index contributed by atoms with van der Waals surface area (Å²) >= 11 is 0. The first-order valence-electron chi connectivity index (χ1n) is 10.8. The summed E-state index contributed by atoms with van der Waals surface area (Å²) in [4.78, 5) is 49.3. The number of urea groups is 1. The van der Waals surface area contributed by atoms with Crippen LogP contribution in [0.25, 0.3) is 0 Å². The van der Waals surface area contributed by atoms with E-state index in [0.29, 0.717) is 11.3 Å². The van der Waals surface area contributed by atoms with Crippen LogP contribution in [0.4, 0.5) is 16.2 Å². The lowest BCUT2D eigenvalue weighted by Gasteiger charge is -2.28. The van der Waals surface area contributed by atoms with Gasteiger partial charge in [0.05, 0.1) is 4.92 Å². The van der Waals surface area contributed by atoms with Crippen molar-refractivity contribution in [2.45, 2.75) is 38.3 Å². The van der Waals surface area contributed by atoms with Gasteiger partial charge in [0.15, 0.2) is 0 Å². The molecule has 2 aliphatic heterocycles. The third-order valence-electron chi connectivity index (χ3n) is 6.16. The quantitative estimate of drug-likeness (QED) is 0.351. The molecule has 2 heterocycles. The fourth-order valence-electron chi connectivity index (χ4n) is 4.20. The predicted molar refractivity (Wildman–Crippen MR) is 121 cm³/mol. The van der Waals surface area contributed by atoms with Gasteiger partial charge in [-0.2, -0.15) is 0 Å². The minimum Gasteiger partial charge on any atom is -0.366 e. The Morgan fingerprint density at radius 2 is 1.82 bits per heavy atom. The third kappa shape index (κ3) is 4.50. The van der Waals surface area contributed by atoms with Crippen LogP contribution in [0, 0.1) is 10.1 Å². The molecule has 10 heteroatoms. The summed E-state index contributed by atoms with van der Waals surface area (Å²) < 4.78 is 0. The number of hydrogen-bond acceptors (Lipinski definition) is 6. The molecule has 0 spiro atoms. The van der Waals surface area contributed by atoms with Gasteiger partial charge in [-0.15, -0.1) is 0 Å². The first-order chi connectivity index (χ1) is 15.8. The number of carbonyl (C=O) groups is 3. The van der Waals surface area contributed by atoms with Crippen molar-refractivity contribution >= 4 is 29.2 Å². The molecule has 0 saturated carbocycles. The van der Waals surface area contributed by atoms with Gasteiger partial charge in [-0.1, -0.05) is 24.3 Å². The van der Waals surface area contributed by atoms with E-state index < -0.39 is 28.3 Å². The zero-order chi connectivity index (χ0) is 23.6. The molecular formula is C23H25N5O5. The molecule has 2 aliphatic rings. The highest BCUT2D eigenvalue weighted by Gasteiger charge is 2.43. The van der Waals surface area contributed by atoms with Gasteiger partial charge < -0.3 is 15.5 Å². The van der Waals surface area contributed by atoms with E-state index in [2.05, 4.69) is 16.0 Å². The molecule has 2 aromatic carbocycles. The maximum absolute atomic E-state index is 12.6. The van der Waals surface area contributed by atoms with Gasteiger partial charge in [0, 0.05) is 31.3 Å². The molecule has 2 aromatic rings. The third-order valence-corrected chi connectivity index (χ3v) is 6.16. The summed E-state index contributed by atoms with van der Waals surface area (Å²) in [5.74, 6) is -0.843. The van der Waals surface area contributed by atoms with Crippen molar-refractivity contribution in [3.05, 3.63) is 69.3 Å². The number of hydrogen-bond donors (Lipinski definition) is 3. The Bertz CT molecular complexity index is 1110. The monoisotopic (exact) mass is 451 g/mol. The van der Waals surface area contributed by atoms with Crippen molar-refractivity contribution in [3.63, 3.8) is 0 Å². The average molecular weight is 451 g/mol. The molecule has 10 nitrogen and oxygen atoms in total. The molecule has 4 amide bonds. The highest BCUT2D eigenvalue weighted by atomic mass is 16.6. The van der Waals surface area contributed by atoms with Crippen LogP contribution in [0.5, 0.6) is 0 Å². The lowest BCUT2D eigenvalue weighted by atomic mass is 9.91. The largest absolute Gasteiger partial charge is 0.366 e. The molecular weight excluding hydrogens is 426 g/mol. The van der Waals surface area contributed by atoms with Crippen LogP contribution in [0.3, 0.4) is 0 Å². The van der Waals surface area contributed by atoms with Gasteiger partial charge in [0.2, 0.25) is 0 Å². The van der Waals surface area contributed by atoms with Gasteiger partial charge in [0.25, 0.3) is 17.5 Å². The molecule has 1 atom stereocenters. The SMILES string of the molecule is CC1(c2ccc(CNC(=O)c3ccc(N4CCCCC4)c([N+](=O)[O-])c3)cc2)NC(=O)NC1=O. The molecule has 33 heavy (non-hydrogen) atoms. The lowest BCUT2D eigenvalue weighted by Crippen LogP contribution is -2.40. The fourth-order valence-corrected chi connectivity index (χ4v) is 4.20. The summed E-state index contributed by atoms with van der Waals surface area (Å²) in [6.45, 7) is 3.36. The van der Waals surface area contributed by atoms with E-state index in [1.165, 1.54) is 6.07 Å². The van der Waals surface area contributed by atoms with Crippen LogP contribution in [0.15, 0.2) is 42.5 Å². The fraction of sp³-hybridized carbons (Fsp3) is 0.348. The Labute approximate surface area is 190 Å². The predicted octanol–water partition coefficient (Wildman–Crippen LogP) is 2.57. The van der Waals surface area contributed by atoms with Crippen molar-refractivity contribution in [3.8, 4) is 0 Å². The smallest absolute Gasteiger partial charge is 0.322 e. The summed E-state index contributed by atoms with van der Waals surface area (Å²) in [6.07, 6.45) is 3.11. The molecule has 1 unspecified atom stereocenters. The Balaban J connectivity index is 1.43. The number of anilines is 1. The second-order valence-electron chi connectivity index (χ2n) is 8.42. The Morgan fingerprint density at radius 1 is 1.12 bits per heavy atom. The number of rotatable bonds is 6. The van der Waals surface area contributed by atoms with Crippen LogP contribution >= 0.6 is 0 Å². The van der Waals surface area contributed by atoms with Crippen molar-refractivity contribution in [2.75, 3.05) is 18.0 Å². The number of piperidine rings is 1. The maximum atomic E-state index is 12.6. The molecule has 0 bridgehead atoms. The molecule has 4 rings (SSSR count). The number of nitrogens with zero attached hydrogens (tertiary/aromatic N) is 2. The zero-order valence-corrected chi connectivity index (χ0v) is 18.2. The van der Waals surface area contributed by atoms with Crippen molar-refractivity contribution < 1.29 is 19.3 Å². The van der Waals surface area contributed by atoms with Gasteiger partial charge in [-0.3, -0.25) is 25.0 Å². The number of imide groups is 1. The highest BCUT2D eigenvalue weighted by Crippen LogP contribution is 2.31. The van der Waals surface area contributed by atoms with E-state index in [-0.39, 0.29) is 17.8 Å². The van der Waals surface area contributed by atoms with E-state index in [1.54, 1.807) is 43.3 Å². The van der Waals surface area contributed by atoms with Gasteiger partial charge >= 0.3 is 6.03 Å². The minimum absolute atomic E-state index is 0.0703. The number of amides is 4. The number of nitrogens with one attached hydrogen (secondary N) is 3. The first kappa shape index (κ1) is 22.3. The van der Waals surface area contributed by atoms with Crippen LogP contribution in [-0.4, -0.2) is 35.9 Å². The van der Waals surface area contributed by atoms with Gasteiger partial charge in [0.1, 0.15) is 11.2 Å². The molecule has 0 aliphatic carbocycles. The summed E-state index contributed by atoms with van der Waals surface area (Å²) in [6, 6.07) is 11.0. The van der Waals surface area contributed by atoms with Crippen LogP contribution < -0.4 is 20.9 Å². The van der Waals surface area contributed by atoms with Crippen molar-refractivity contribution in [1.82, 2.24) is 16.0 Å². The number of carbonyl (C=O) groups excluding carboxylic acids is 3. The standard InChI is InChI=1S/C23H25N5O5/c1-23(21(30)25-22(31)26-23)17-8-5-15(6-9-17)14-24-20(29)16-7-10-18(19(13-16)28(32)33)27-11-3-2-4-12-27/h5-10,13H,2-4,11-12,14H2,1H3,(H,24,29)(H2,25,26,30,31). The van der Waals surface area contributed by atoms with E-state index >= 15 is 0 Å². The molecule has 2 saturated heterocycles. The van der Waals surface area contributed by atoms with E-state index in [0.717, 1.165) is 37.9 Å². The first-order valence-corrected chi connectivity index (χ1v) is 10.8. The highest BCUT2D eigenvalue weighted by molar-refractivity contribution is 6.07. The lowest BCUT2D eigenvalue weighted by molar-refractivity contribution is -0.384. The second-order valence-corrected chi connectivity index (χ2v) is 8.42. The minimum atomic E-state index is -1.14. The van der Waals surface area contributed by atoms with E-state index in [9.17, 15) is 24.5 Å². The number of benzene rings is 2. The van der Waals surface area contributed by atoms with Crippen molar-refractivity contribution in [2.24, 2.45) is 0 Å². The van der Waals surface area contributed by atoms with Crippen LogP contribution in [-0.2, 0) is 16.9 Å². The van der Waals surface area contributed by atoms with Gasteiger partial charge in [-0.05, 0) is 49.4 Å².